The number of anilines is 1. The molecule has 1 aliphatic heterocycles. The van der Waals surface area contributed by atoms with Crippen LogP contribution in [0.25, 0.3) is 22.4 Å². The number of hydrogen-bond donors (Lipinski definition) is 2. The van der Waals surface area contributed by atoms with Gasteiger partial charge < -0.3 is 14.6 Å². The maximum Gasteiger partial charge on any atom is 0.279 e. The molecular formula is C22H32N8O5S. The number of nitrogens with one attached hydrogen (secondary N) is 2. The Hall–Kier alpha value is -2.91. The van der Waals surface area contributed by atoms with E-state index in [-0.39, 0.29) is 34.2 Å². The second kappa shape index (κ2) is 11.0. The fraction of sp³-hybridized carbons (Fsp3) is 0.545. The van der Waals surface area contributed by atoms with Gasteiger partial charge in [-0.15, -0.1) is 0 Å². The van der Waals surface area contributed by atoms with Crippen LogP contribution in [0.1, 0.15) is 19.5 Å². The summed E-state index contributed by atoms with van der Waals surface area (Å²) in [5.41, 5.74) is 4.04. The van der Waals surface area contributed by atoms with Crippen molar-refractivity contribution in [3.05, 3.63) is 28.3 Å². The third-order valence-corrected chi connectivity index (χ3v) is 8.10. The van der Waals surface area contributed by atoms with Crippen LogP contribution in [0, 0.1) is 0 Å². The third kappa shape index (κ3) is 5.13. The van der Waals surface area contributed by atoms with Crippen molar-refractivity contribution in [2.24, 2.45) is 7.05 Å². The lowest BCUT2D eigenvalue weighted by Crippen LogP contribution is -2.48. The van der Waals surface area contributed by atoms with Crippen LogP contribution in [0.2, 0.25) is 0 Å². The van der Waals surface area contributed by atoms with Crippen molar-refractivity contribution >= 4 is 26.9 Å². The Labute approximate surface area is 209 Å². The van der Waals surface area contributed by atoms with E-state index in [0.717, 1.165) is 12.2 Å². The summed E-state index contributed by atoms with van der Waals surface area (Å²) in [6.07, 6.45) is 1.90. The number of nitrogens with zero attached hydrogens (tertiary/aromatic N) is 6. The molecule has 0 aromatic carbocycles. The molecule has 4 rings (SSSR count). The molecule has 0 radical (unpaired) electrons. The normalized spacial score (nSPS) is 15.6. The van der Waals surface area contributed by atoms with Gasteiger partial charge in [0, 0.05) is 46.5 Å². The number of likely N-dealkylation sites (N-methyl/N-ethyl adjacent to an activating group) is 1. The zero-order chi connectivity index (χ0) is 25.9. The molecule has 1 aliphatic rings. The molecule has 196 valence electrons. The fourth-order valence-electron chi connectivity index (χ4n) is 4.18. The summed E-state index contributed by atoms with van der Waals surface area (Å²) in [4.78, 5) is 32.2. The van der Waals surface area contributed by atoms with Crippen LogP contribution in [0.15, 0.2) is 22.0 Å². The Morgan fingerprint density at radius 2 is 1.89 bits per heavy atom. The summed E-state index contributed by atoms with van der Waals surface area (Å²) in [6, 6.07) is 1.46. The molecule has 0 spiro atoms. The number of aromatic amines is 1. The number of fused-ring (bicyclic) bond motifs is 1. The third-order valence-electron chi connectivity index (χ3n) is 6.24. The second-order valence-corrected chi connectivity index (χ2v) is 10.3. The average Bonchev–Trinajstić information content (AvgIpc) is 3.22. The highest BCUT2D eigenvalue weighted by atomic mass is 32.2. The van der Waals surface area contributed by atoms with E-state index in [1.807, 2.05) is 6.92 Å². The fourth-order valence-corrected chi connectivity index (χ4v) is 5.57. The van der Waals surface area contributed by atoms with Gasteiger partial charge in [-0.2, -0.15) is 9.40 Å². The first-order valence-electron chi connectivity index (χ1n) is 11.9. The largest absolute Gasteiger partial charge is 0.382 e. The number of sulfonamides is 1. The van der Waals surface area contributed by atoms with Crippen molar-refractivity contribution < 1.29 is 18.0 Å². The van der Waals surface area contributed by atoms with E-state index in [2.05, 4.69) is 37.4 Å². The van der Waals surface area contributed by atoms with Gasteiger partial charge in [0.1, 0.15) is 16.2 Å². The molecular weight excluding hydrogens is 488 g/mol. The monoisotopic (exact) mass is 520 g/mol. The maximum atomic E-state index is 13.5. The minimum absolute atomic E-state index is 0.00883. The molecule has 0 unspecified atom stereocenters. The van der Waals surface area contributed by atoms with Crippen molar-refractivity contribution in [1.82, 2.24) is 33.9 Å². The molecule has 0 bridgehead atoms. The summed E-state index contributed by atoms with van der Waals surface area (Å²) < 4.78 is 35.0. The molecule has 1 fully saturated rings. The van der Waals surface area contributed by atoms with E-state index in [1.54, 1.807) is 18.8 Å². The van der Waals surface area contributed by atoms with E-state index < -0.39 is 15.6 Å². The quantitative estimate of drug-likeness (QED) is 0.288. The summed E-state index contributed by atoms with van der Waals surface area (Å²) in [5.74, 6) is 0.374. The number of rotatable bonds is 10. The molecule has 3 aromatic heterocycles. The molecule has 1 saturated heterocycles. The molecule has 13 nitrogen and oxygen atoms in total. The Morgan fingerprint density at radius 1 is 1.14 bits per heavy atom. The first-order valence-corrected chi connectivity index (χ1v) is 13.3. The zero-order valence-electron chi connectivity index (χ0n) is 20.9. The van der Waals surface area contributed by atoms with Gasteiger partial charge in [0.2, 0.25) is 10.0 Å². The highest BCUT2D eigenvalue weighted by molar-refractivity contribution is 7.89. The zero-order valence-corrected chi connectivity index (χ0v) is 21.8. The van der Waals surface area contributed by atoms with Crippen LogP contribution in [-0.4, -0.2) is 95.4 Å². The predicted molar refractivity (Wildman–Crippen MR) is 134 cm³/mol. The molecule has 0 saturated carbocycles. The van der Waals surface area contributed by atoms with Gasteiger partial charge in [-0.05, 0) is 19.0 Å². The van der Waals surface area contributed by atoms with Crippen molar-refractivity contribution in [1.29, 1.82) is 0 Å². The molecule has 0 atom stereocenters. The lowest BCUT2D eigenvalue weighted by molar-refractivity contribution is 0.100. The highest BCUT2D eigenvalue weighted by Gasteiger charge is 2.29. The van der Waals surface area contributed by atoms with Crippen molar-refractivity contribution in [2.75, 3.05) is 58.5 Å². The van der Waals surface area contributed by atoms with Crippen LogP contribution >= 0.6 is 0 Å². The molecule has 14 heteroatoms. The first kappa shape index (κ1) is 26.2. The number of aromatic nitrogens is 5. The SMILES string of the molecule is CCc1c2nc(-c3cc(S(=O)(=O)N4CCN(CC)CC4)cnc3NOCCOC)[nH]c(=O)c2nn1C. The van der Waals surface area contributed by atoms with E-state index in [1.165, 1.54) is 16.6 Å². The lowest BCUT2D eigenvalue weighted by atomic mass is 10.2. The van der Waals surface area contributed by atoms with E-state index >= 15 is 0 Å². The topological polar surface area (TPSA) is 148 Å². The van der Waals surface area contributed by atoms with Gasteiger partial charge in [-0.3, -0.25) is 14.3 Å². The number of methoxy groups -OCH3 is 1. The Bertz CT molecular complexity index is 1380. The van der Waals surface area contributed by atoms with Crippen LogP contribution in [0.5, 0.6) is 0 Å². The summed E-state index contributed by atoms with van der Waals surface area (Å²) in [6.45, 7) is 7.55. The predicted octanol–water partition coefficient (Wildman–Crippen LogP) is 0.597. The summed E-state index contributed by atoms with van der Waals surface area (Å²) in [5, 5.41) is 4.28. The summed E-state index contributed by atoms with van der Waals surface area (Å²) >= 11 is 0. The van der Waals surface area contributed by atoms with Crippen molar-refractivity contribution in [3.8, 4) is 11.4 Å². The smallest absolute Gasteiger partial charge is 0.279 e. The molecule has 0 aliphatic carbocycles. The first-order chi connectivity index (χ1) is 17.3. The van der Waals surface area contributed by atoms with Crippen LogP contribution < -0.4 is 11.0 Å². The Morgan fingerprint density at radius 3 is 2.56 bits per heavy atom. The molecule has 36 heavy (non-hydrogen) atoms. The highest BCUT2D eigenvalue weighted by Crippen LogP contribution is 2.29. The van der Waals surface area contributed by atoms with E-state index in [4.69, 9.17) is 9.57 Å². The number of H-pyrrole nitrogens is 1. The standard InChI is InChI=1S/C22H32N8O5S/c1-5-17-18-19(26-28(17)3)22(31)25-21(24-18)16-13-15(14-23-20(16)27-35-12-11-34-4)36(32,33)30-9-7-29(6-2)8-10-30/h13-14H,5-12H2,1-4H3,(H,23,27)(H,24,25,31). The van der Waals surface area contributed by atoms with Crippen LogP contribution in [-0.2, 0) is 33.1 Å². The minimum Gasteiger partial charge on any atom is -0.382 e. The van der Waals surface area contributed by atoms with Gasteiger partial charge in [0.15, 0.2) is 11.3 Å². The number of aryl methyl sites for hydroxylation is 2. The van der Waals surface area contributed by atoms with Crippen LogP contribution in [0.3, 0.4) is 0 Å². The minimum atomic E-state index is -3.81. The lowest BCUT2D eigenvalue weighted by Gasteiger charge is -2.33. The Kier molecular flexibility index (Phi) is 8.00. The van der Waals surface area contributed by atoms with Gasteiger partial charge in [-0.25, -0.2) is 23.9 Å². The molecule has 4 heterocycles. The number of pyridine rings is 1. The Balaban J connectivity index is 1.78. The maximum absolute atomic E-state index is 13.5. The number of hydrogen-bond acceptors (Lipinski definition) is 10. The van der Waals surface area contributed by atoms with Gasteiger partial charge >= 0.3 is 0 Å². The van der Waals surface area contributed by atoms with Gasteiger partial charge in [0.25, 0.3) is 5.56 Å². The second-order valence-electron chi connectivity index (χ2n) is 8.38. The van der Waals surface area contributed by atoms with Gasteiger partial charge in [-0.1, -0.05) is 13.8 Å². The van der Waals surface area contributed by atoms with E-state index in [9.17, 15) is 13.2 Å². The van der Waals surface area contributed by atoms with Crippen molar-refractivity contribution in [2.45, 2.75) is 25.2 Å². The van der Waals surface area contributed by atoms with Crippen LogP contribution in [0.4, 0.5) is 5.82 Å². The number of ether oxygens (including phenoxy) is 1. The summed E-state index contributed by atoms with van der Waals surface area (Å²) in [7, 11) is -0.507. The van der Waals surface area contributed by atoms with Gasteiger partial charge in [0.05, 0.1) is 24.5 Å². The molecule has 3 aromatic rings. The molecule has 0 amide bonds. The average molecular weight is 521 g/mol. The van der Waals surface area contributed by atoms with E-state index in [0.29, 0.717) is 44.7 Å². The molecule has 2 N–H and O–H groups in total. The number of piperazine rings is 1. The van der Waals surface area contributed by atoms with Crippen molar-refractivity contribution in [3.63, 3.8) is 0 Å².